The Balaban J connectivity index is 2.02. The normalized spacial score (nSPS) is 16.6. The molecular weight excluding hydrogens is 348 g/mol. The molecule has 0 aliphatic carbocycles. The maximum Gasteiger partial charge on any atom is 0.312 e. The average Bonchev–Trinajstić information content (AvgIpc) is 3.07. The van der Waals surface area contributed by atoms with Crippen LogP contribution in [0.15, 0.2) is 41.0 Å². The van der Waals surface area contributed by atoms with E-state index in [1.807, 2.05) is 23.8 Å². The predicted molar refractivity (Wildman–Crippen MR) is 86.3 cm³/mol. The van der Waals surface area contributed by atoms with Crippen molar-refractivity contribution in [2.75, 3.05) is 11.4 Å². The van der Waals surface area contributed by atoms with E-state index < -0.39 is 11.9 Å². The number of aliphatic carboxylic acids is 1. The van der Waals surface area contributed by atoms with Crippen LogP contribution in [0.2, 0.25) is 0 Å². The summed E-state index contributed by atoms with van der Waals surface area (Å²) in [6.07, 6.45) is 1.85. The van der Waals surface area contributed by atoms with Crippen molar-refractivity contribution >= 4 is 33.5 Å². The van der Waals surface area contributed by atoms with Gasteiger partial charge in [-0.1, -0.05) is 18.2 Å². The number of para-hydroxylation sites is 1. The highest BCUT2D eigenvalue weighted by molar-refractivity contribution is 9.10. The lowest BCUT2D eigenvalue weighted by atomic mass is 10.0. The van der Waals surface area contributed by atoms with Gasteiger partial charge in [-0.2, -0.15) is 0 Å². The van der Waals surface area contributed by atoms with Gasteiger partial charge in [0.15, 0.2) is 0 Å². The molecule has 1 N–H and O–H groups in total. The molecule has 1 aromatic carbocycles. The molecule has 0 saturated carbocycles. The first-order valence-electron chi connectivity index (χ1n) is 7.02. The number of halogens is 1. The predicted octanol–water partition coefficient (Wildman–Crippen LogP) is 3.10. The molecule has 0 radical (unpaired) electrons. The monoisotopic (exact) mass is 362 g/mol. The average molecular weight is 363 g/mol. The number of hydrogen-bond donors (Lipinski definition) is 1. The van der Waals surface area contributed by atoms with E-state index in [0.717, 1.165) is 4.47 Å². The second-order valence-corrected chi connectivity index (χ2v) is 6.11. The van der Waals surface area contributed by atoms with Crippen molar-refractivity contribution in [1.82, 2.24) is 4.57 Å². The number of aromatic nitrogens is 1. The lowest BCUT2D eigenvalue weighted by molar-refractivity contribution is -0.138. The van der Waals surface area contributed by atoms with Crippen LogP contribution in [-0.4, -0.2) is 28.1 Å². The SMILES string of the molecule is CCn1cc(Br)cc1C(=O)N1CC(C(=O)O)c2ccccc21. The molecule has 2 heterocycles. The van der Waals surface area contributed by atoms with Gasteiger partial charge in [-0.05, 0) is 40.5 Å². The molecule has 5 nitrogen and oxygen atoms in total. The lowest BCUT2D eigenvalue weighted by Crippen LogP contribution is -2.32. The number of benzene rings is 1. The minimum atomic E-state index is -0.908. The third kappa shape index (κ3) is 2.33. The standard InChI is InChI=1S/C16H15BrN2O3/c1-2-18-8-10(17)7-14(18)15(20)19-9-12(16(21)22)11-5-3-4-6-13(11)19/h3-8,12H,2,9H2,1H3,(H,21,22). The fourth-order valence-electron chi connectivity index (χ4n) is 2.86. The van der Waals surface area contributed by atoms with Crippen molar-refractivity contribution in [3.63, 3.8) is 0 Å². The van der Waals surface area contributed by atoms with Gasteiger partial charge in [-0.15, -0.1) is 0 Å². The van der Waals surface area contributed by atoms with Gasteiger partial charge in [0.05, 0.1) is 0 Å². The van der Waals surface area contributed by atoms with E-state index in [1.54, 1.807) is 29.2 Å². The van der Waals surface area contributed by atoms with Crippen LogP contribution in [0.5, 0.6) is 0 Å². The molecule has 0 fully saturated rings. The zero-order chi connectivity index (χ0) is 15.9. The van der Waals surface area contributed by atoms with Crippen LogP contribution in [0.3, 0.4) is 0 Å². The van der Waals surface area contributed by atoms with Crippen LogP contribution in [0.25, 0.3) is 0 Å². The van der Waals surface area contributed by atoms with Gasteiger partial charge in [0, 0.05) is 29.4 Å². The molecule has 1 unspecified atom stereocenters. The molecule has 3 rings (SSSR count). The van der Waals surface area contributed by atoms with Gasteiger partial charge in [0.25, 0.3) is 5.91 Å². The Labute approximate surface area is 136 Å². The third-order valence-corrected chi connectivity index (χ3v) is 4.37. The summed E-state index contributed by atoms with van der Waals surface area (Å²) < 4.78 is 2.68. The van der Waals surface area contributed by atoms with Crippen molar-refractivity contribution in [3.05, 3.63) is 52.3 Å². The van der Waals surface area contributed by atoms with Gasteiger partial charge >= 0.3 is 5.97 Å². The molecule has 2 aromatic rings. The van der Waals surface area contributed by atoms with Crippen LogP contribution in [0.1, 0.15) is 28.9 Å². The summed E-state index contributed by atoms with van der Waals surface area (Å²) in [4.78, 5) is 25.9. The molecule has 0 spiro atoms. The Hall–Kier alpha value is -2.08. The minimum Gasteiger partial charge on any atom is -0.481 e. The van der Waals surface area contributed by atoms with Crippen molar-refractivity contribution in [2.24, 2.45) is 0 Å². The first-order chi connectivity index (χ1) is 10.5. The number of carboxylic acids is 1. The van der Waals surface area contributed by atoms with Crippen LogP contribution in [0.4, 0.5) is 5.69 Å². The van der Waals surface area contributed by atoms with E-state index >= 15 is 0 Å². The van der Waals surface area contributed by atoms with E-state index in [-0.39, 0.29) is 12.5 Å². The number of fused-ring (bicyclic) bond motifs is 1. The summed E-state index contributed by atoms with van der Waals surface area (Å²) in [5, 5.41) is 9.38. The third-order valence-electron chi connectivity index (χ3n) is 3.93. The molecule has 0 saturated heterocycles. The number of anilines is 1. The number of amides is 1. The molecule has 22 heavy (non-hydrogen) atoms. The molecular formula is C16H15BrN2O3. The summed E-state index contributed by atoms with van der Waals surface area (Å²) in [5.41, 5.74) is 1.92. The molecule has 1 aliphatic rings. The van der Waals surface area contributed by atoms with Gasteiger partial charge in [0.1, 0.15) is 11.6 Å². The number of nitrogens with zero attached hydrogens (tertiary/aromatic N) is 2. The lowest BCUT2D eigenvalue weighted by Gasteiger charge is -2.18. The fraction of sp³-hybridized carbons (Fsp3) is 0.250. The van der Waals surface area contributed by atoms with Crippen LogP contribution >= 0.6 is 15.9 Å². The van der Waals surface area contributed by atoms with Crippen LogP contribution < -0.4 is 4.90 Å². The number of carbonyl (C=O) groups is 2. The van der Waals surface area contributed by atoms with E-state index in [2.05, 4.69) is 15.9 Å². The second-order valence-electron chi connectivity index (χ2n) is 5.19. The number of carboxylic acid groups (broad SMARTS) is 1. The van der Waals surface area contributed by atoms with Crippen molar-refractivity contribution in [2.45, 2.75) is 19.4 Å². The summed E-state index contributed by atoms with van der Waals surface area (Å²) >= 11 is 3.38. The Kier molecular flexibility index (Phi) is 3.78. The molecule has 6 heteroatoms. The maximum atomic E-state index is 12.9. The first kappa shape index (κ1) is 14.8. The van der Waals surface area contributed by atoms with Gasteiger partial charge in [0.2, 0.25) is 0 Å². The highest BCUT2D eigenvalue weighted by Gasteiger charge is 2.37. The topological polar surface area (TPSA) is 62.5 Å². The van der Waals surface area contributed by atoms with Crippen LogP contribution in [0, 0.1) is 0 Å². The number of rotatable bonds is 3. The van der Waals surface area contributed by atoms with Crippen molar-refractivity contribution in [3.8, 4) is 0 Å². The van der Waals surface area contributed by atoms with E-state index in [0.29, 0.717) is 23.5 Å². The highest BCUT2D eigenvalue weighted by Crippen LogP contribution is 2.37. The Morgan fingerprint density at radius 1 is 1.36 bits per heavy atom. The molecule has 114 valence electrons. The first-order valence-corrected chi connectivity index (χ1v) is 7.81. The van der Waals surface area contributed by atoms with E-state index in [4.69, 9.17) is 0 Å². The number of carbonyl (C=O) groups excluding carboxylic acids is 1. The van der Waals surface area contributed by atoms with Gasteiger partial charge < -0.3 is 14.6 Å². The van der Waals surface area contributed by atoms with Gasteiger partial charge in [-0.3, -0.25) is 9.59 Å². The van der Waals surface area contributed by atoms with E-state index in [1.165, 1.54) is 0 Å². The molecule has 1 atom stereocenters. The quantitative estimate of drug-likeness (QED) is 0.912. The summed E-state index contributed by atoms with van der Waals surface area (Å²) in [6, 6.07) is 8.95. The van der Waals surface area contributed by atoms with Crippen molar-refractivity contribution < 1.29 is 14.7 Å². The highest BCUT2D eigenvalue weighted by atomic mass is 79.9. The smallest absolute Gasteiger partial charge is 0.312 e. The second kappa shape index (κ2) is 5.61. The zero-order valence-corrected chi connectivity index (χ0v) is 13.6. The Bertz CT molecular complexity index is 754. The number of hydrogen-bond acceptors (Lipinski definition) is 2. The van der Waals surface area contributed by atoms with E-state index in [9.17, 15) is 14.7 Å². The largest absolute Gasteiger partial charge is 0.481 e. The zero-order valence-electron chi connectivity index (χ0n) is 12.0. The summed E-state index contributed by atoms with van der Waals surface area (Å²) in [6.45, 7) is 2.80. The molecule has 0 bridgehead atoms. The maximum absolute atomic E-state index is 12.9. The van der Waals surface area contributed by atoms with Crippen molar-refractivity contribution in [1.29, 1.82) is 0 Å². The Morgan fingerprint density at radius 3 is 2.77 bits per heavy atom. The van der Waals surface area contributed by atoms with Gasteiger partial charge in [-0.25, -0.2) is 0 Å². The fourth-order valence-corrected chi connectivity index (χ4v) is 3.33. The molecule has 1 aromatic heterocycles. The molecule has 1 amide bonds. The Morgan fingerprint density at radius 2 is 2.09 bits per heavy atom. The molecule has 1 aliphatic heterocycles. The number of aryl methyl sites for hydroxylation is 1. The summed E-state index contributed by atoms with van der Waals surface area (Å²) in [7, 11) is 0. The van der Waals surface area contributed by atoms with Crippen LogP contribution in [-0.2, 0) is 11.3 Å². The minimum absolute atomic E-state index is 0.167. The summed E-state index contributed by atoms with van der Waals surface area (Å²) in [5.74, 6) is -1.76.